The Morgan fingerprint density at radius 3 is 1.98 bits per heavy atom. The third-order valence-corrected chi connectivity index (χ3v) is 13.4. The maximum atomic E-state index is 14.7. The molecule has 10 unspecified atom stereocenters. The van der Waals surface area contributed by atoms with Crippen LogP contribution in [-0.2, 0) is 23.8 Å². The second kappa shape index (κ2) is 18.2. The van der Waals surface area contributed by atoms with E-state index in [2.05, 4.69) is 9.24 Å². The predicted molar refractivity (Wildman–Crippen MR) is 207 cm³/mol. The van der Waals surface area contributed by atoms with Crippen molar-refractivity contribution in [1.82, 2.24) is 0 Å². The molecule has 5 N–H and O–H groups in total. The number of Topliss-reactive ketones (excluding diaryl/α,β-unsaturated/α-hetero) is 1. The van der Waals surface area contributed by atoms with E-state index >= 15 is 0 Å². The molecule has 1 saturated heterocycles. The SMILES string of the molecule is CC1=C2C(O)C(=O)[C@]3(C)C(O)CC4OCC4(O)C3[C@H](OC(=O)c3ccccc3)C(O)(CC1OC(=O)C(O)C(N=C(P)c1ccccc1)c1ccccc1)C2(C)C.[Ac].[Ac]. The Labute approximate surface area is 411 Å². The Morgan fingerprint density at radius 1 is 0.879 bits per heavy atom. The molecule has 58 heavy (non-hydrogen) atoms. The summed E-state index contributed by atoms with van der Waals surface area (Å²) >= 11 is 0. The molecule has 7 rings (SSSR count). The van der Waals surface area contributed by atoms with Crippen LogP contribution in [0.4, 0.5) is 0 Å². The number of carbonyl (C=O) groups is 3. The first kappa shape index (κ1) is 47.8. The van der Waals surface area contributed by atoms with Gasteiger partial charge >= 0.3 is 11.9 Å². The van der Waals surface area contributed by atoms with Crippen molar-refractivity contribution in [3.05, 3.63) is 119 Å². The number of aliphatic hydroxyl groups excluding tert-OH is 3. The number of aliphatic hydroxyl groups is 5. The minimum absolute atomic E-state index is 0. The zero-order valence-corrected chi connectivity index (χ0v) is 43.4. The van der Waals surface area contributed by atoms with Gasteiger partial charge in [0.25, 0.3) is 0 Å². The van der Waals surface area contributed by atoms with Crippen molar-refractivity contribution in [2.45, 2.75) is 94.4 Å². The molecule has 2 saturated carbocycles. The molecule has 12 nitrogen and oxygen atoms in total. The smallest absolute Gasteiger partial charge is 0.338 e. The van der Waals surface area contributed by atoms with E-state index in [9.17, 15) is 39.9 Å². The summed E-state index contributed by atoms with van der Waals surface area (Å²) in [4.78, 5) is 47.6. The van der Waals surface area contributed by atoms with E-state index in [1.807, 2.05) is 30.3 Å². The zero-order valence-electron chi connectivity index (χ0n) is 32.8. The number of hydrogen-bond acceptors (Lipinski definition) is 12. The molecule has 15 heteroatoms. The standard InChI is InChI=1S/C43H48NO11P.2Ac/c1-23-27(54-39(50)33(47)31(24-14-8-5-9-15-24)44-37(56)25-16-10-6-11-17-25)21-43(52)36(55-38(49)26-18-12-7-13-19-26)34-41(4,28(45)20-29-42(34,51)22-53-29)35(48)32(46)30(23)40(43,2)3;;/h5-19,27-29,31-34,36,45-47,51-52H,20-22,56H2,1-4H3;;/t27?,28?,29?,31?,32?,33?,34?,36-,41+,42?,43?;;/m0../s1. The summed E-state index contributed by atoms with van der Waals surface area (Å²) in [6, 6.07) is 24.8. The average Bonchev–Trinajstić information content (AvgIpc) is 3.19. The predicted octanol–water partition coefficient (Wildman–Crippen LogP) is 3.49. The maximum absolute atomic E-state index is 14.7. The van der Waals surface area contributed by atoms with Gasteiger partial charge in [0.2, 0.25) is 0 Å². The zero-order chi connectivity index (χ0) is 40.4. The van der Waals surface area contributed by atoms with Crippen molar-refractivity contribution in [3.8, 4) is 0 Å². The number of aliphatic imine (C=N–C) groups is 1. The van der Waals surface area contributed by atoms with E-state index < -0.39 is 94.8 Å². The van der Waals surface area contributed by atoms with Gasteiger partial charge in [-0.2, -0.15) is 0 Å². The van der Waals surface area contributed by atoms with Gasteiger partial charge in [-0.1, -0.05) is 102 Å². The summed E-state index contributed by atoms with van der Waals surface area (Å²) < 4.78 is 18.0. The van der Waals surface area contributed by atoms with Gasteiger partial charge < -0.3 is 39.7 Å². The Kier molecular flexibility index (Phi) is 15.0. The minimum atomic E-state index is -2.26. The van der Waals surface area contributed by atoms with E-state index in [1.54, 1.807) is 69.3 Å². The van der Waals surface area contributed by atoms with Crippen molar-refractivity contribution in [2.24, 2.45) is 21.7 Å². The Hall–Kier alpha value is -1.25. The molecule has 3 fully saturated rings. The summed E-state index contributed by atoms with van der Waals surface area (Å²) in [5.41, 5.74) is -5.54. The molecule has 1 aliphatic heterocycles. The van der Waals surface area contributed by atoms with Crippen LogP contribution in [0.1, 0.15) is 68.1 Å². The third kappa shape index (κ3) is 7.99. The first-order chi connectivity index (χ1) is 26.5. The van der Waals surface area contributed by atoms with Gasteiger partial charge in [-0.25, -0.2) is 9.59 Å². The summed E-state index contributed by atoms with van der Waals surface area (Å²) in [6.45, 7) is 5.85. The fourth-order valence-electron chi connectivity index (χ4n) is 9.53. The van der Waals surface area contributed by atoms with E-state index in [4.69, 9.17) is 19.2 Å². The molecule has 4 aliphatic rings. The largest absolute Gasteiger partial charge is 0.456 e. The normalized spacial score (nSPS) is 33.6. The van der Waals surface area contributed by atoms with Gasteiger partial charge in [0.1, 0.15) is 35.6 Å². The first-order valence-corrected chi connectivity index (χ1v) is 19.3. The number of hydrogen-bond donors (Lipinski definition) is 5. The number of ether oxygens (including phenoxy) is 3. The minimum Gasteiger partial charge on any atom is -0.456 e. The molecule has 0 spiro atoms. The number of benzene rings is 3. The van der Waals surface area contributed by atoms with Crippen LogP contribution in [0.2, 0.25) is 0 Å². The Morgan fingerprint density at radius 2 is 1.43 bits per heavy atom. The molecular formula is C43H48Ac2NO11P. The van der Waals surface area contributed by atoms with Crippen LogP contribution < -0.4 is 0 Å². The first-order valence-electron chi connectivity index (χ1n) is 18.7. The Bertz CT molecular complexity index is 2070. The van der Waals surface area contributed by atoms with Crippen molar-refractivity contribution < 1.29 is 142 Å². The van der Waals surface area contributed by atoms with Gasteiger partial charge in [0.15, 0.2) is 11.9 Å². The quantitative estimate of drug-likeness (QED) is 0.0961. The van der Waals surface area contributed by atoms with Crippen LogP contribution in [0.3, 0.4) is 0 Å². The molecule has 0 amide bonds. The third-order valence-electron chi connectivity index (χ3n) is 12.9. The molecule has 0 aromatic heterocycles. The van der Waals surface area contributed by atoms with E-state index in [-0.39, 0.29) is 118 Å². The van der Waals surface area contributed by atoms with E-state index in [0.29, 0.717) is 11.0 Å². The van der Waals surface area contributed by atoms with Crippen LogP contribution in [0.15, 0.2) is 107 Å². The molecule has 12 atom stereocenters. The Balaban J connectivity index is 0.00000320. The van der Waals surface area contributed by atoms with Gasteiger partial charge in [0, 0.05) is 112 Å². The van der Waals surface area contributed by atoms with Crippen LogP contribution in [0.25, 0.3) is 0 Å². The van der Waals surface area contributed by atoms with Crippen molar-refractivity contribution in [3.63, 3.8) is 0 Å². The summed E-state index contributed by atoms with van der Waals surface area (Å²) in [5, 5.41) is 61.1. The van der Waals surface area contributed by atoms with Gasteiger partial charge in [-0.15, -0.1) is 0 Å². The average molecular weight is 1240 g/mol. The maximum Gasteiger partial charge on any atom is 0.338 e. The fraction of sp³-hybridized carbons (Fsp3) is 0.442. The molecule has 2 radical (unpaired) electrons. The second-order valence-corrected chi connectivity index (χ2v) is 16.8. The summed E-state index contributed by atoms with van der Waals surface area (Å²) in [7, 11) is 2.53. The monoisotopic (exact) mass is 1240 g/mol. The number of carbonyl (C=O) groups excluding carboxylic acids is 3. The van der Waals surface area contributed by atoms with Crippen LogP contribution >= 0.6 is 9.24 Å². The summed E-state index contributed by atoms with van der Waals surface area (Å²) in [5.74, 6) is -4.32. The van der Waals surface area contributed by atoms with Crippen LogP contribution in [0, 0.1) is 105 Å². The van der Waals surface area contributed by atoms with Crippen LogP contribution in [-0.4, -0.2) is 103 Å². The van der Waals surface area contributed by atoms with Crippen LogP contribution in [0.5, 0.6) is 0 Å². The van der Waals surface area contributed by atoms with Crippen molar-refractivity contribution in [1.29, 1.82) is 0 Å². The molecule has 3 aromatic rings. The molecule has 2 bridgehead atoms. The van der Waals surface area contributed by atoms with E-state index in [0.717, 1.165) is 5.56 Å². The molecular weight excluding hydrogens is 1190 g/mol. The van der Waals surface area contributed by atoms with E-state index in [1.165, 1.54) is 19.1 Å². The number of esters is 2. The number of ketones is 1. The number of nitrogens with zero attached hydrogens (tertiary/aromatic N) is 1. The molecule has 3 aromatic carbocycles. The van der Waals surface area contributed by atoms with Crippen molar-refractivity contribution >= 4 is 32.4 Å². The number of rotatable bonds is 8. The molecule has 3 aliphatic carbocycles. The molecule has 302 valence electrons. The van der Waals surface area contributed by atoms with Gasteiger partial charge in [0.05, 0.1) is 35.2 Å². The second-order valence-electron chi connectivity index (χ2n) is 16.2. The van der Waals surface area contributed by atoms with Gasteiger partial charge in [-0.05, 0) is 48.3 Å². The topological polar surface area (TPSA) is 192 Å². The summed E-state index contributed by atoms with van der Waals surface area (Å²) in [6.07, 6.45) is -9.91. The van der Waals surface area contributed by atoms with Crippen molar-refractivity contribution in [2.75, 3.05) is 6.61 Å². The van der Waals surface area contributed by atoms with Gasteiger partial charge in [-0.3, -0.25) is 9.79 Å². The molecule has 1 heterocycles. The fourth-order valence-corrected chi connectivity index (χ4v) is 9.88. The number of fused-ring (bicyclic) bond motifs is 5.